The molecule has 1 rings (SSSR count). The van der Waals surface area contributed by atoms with Gasteiger partial charge in [0.1, 0.15) is 0 Å². The molecule has 1 fully saturated rings. The van der Waals surface area contributed by atoms with E-state index in [2.05, 4.69) is 6.92 Å². The van der Waals surface area contributed by atoms with E-state index in [0.29, 0.717) is 38.5 Å². The third-order valence-corrected chi connectivity index (χ3v) is 6.14. The molecule has 4 N–H and O–H groups in total. The molecule has 0 aromatic carbocycles. The van der Waals surface area contributed by atoms with Crippen molar-refractivity contribution in [2.75, 3.05) is 0 Å². The molecular formula is C22H40O5. The lowest BCUT2D eigenvalue weighted by Gasteiger charge is -2.39. The molecule has 2 unspecified atom stereocenters. The Bertz CT molecular complexity index is 450. The third-order valence-electron chi connectivity index (χ3n) is 6.14. The van der Waals surface area contributed by atoms with Crippen LogP contribution in [0.25, 0.3) is 0 Å². The first kappa shape index (κ1) is 24.1. The average Bonchev–Trinajstić information content (AvgIpc) is 2.91. The molecule has 1 saturated carbocycles. The van der Waals surface area contributed by atoms with Gasteiger partial charge in [-0.05, 0) is 44.4 Å². The Balaban J connectivity index is 2.63. The van der Waals surface area contributed by atoms with Gasteiger partial charge in [0.05, 0.1) is 17.8 Å². The average molecular weight is 385 g/mol. The molecule has 0 radical (unpaired) electrons. The van der Waals surface area contributed by atoms with Crippen molar-refractivity contribution in [3.63, 3.8) is 0 Å². The molecule has 1 aliphatic carbocycles. The number of allylic oxidation sites excluding steroid dienone is 2. The molecule has 0 aromatic rings. The fourth-order valence-corrected chi connectivity index (χ4v) is 4.51. The Hall–Kier alpha value is -0.910. The van der Waals surface area contributed by atoms with Crippen LogP contribution in [0.1, 0.15) is 90.9 Å². The van der Waals surface area contributed by atoms with Crippen LogP contribution in [-0.2, 0) is 4.79 Å². The van der Waals surface area contributed by atoms with E-state index in [1.54, 1.807) is 0 Å². The number of carboxylic acids is 1. The minimum absolute atomic E-state index is 0.156. The highest BCUT2D eigenvalue weighted by Gasteiger charge is 2.50. The second kappa shape index (κ2) is 12.5. The van der Waals surface area contributed by atoms with Crippen LogP contribution in [0.3, 0.4) is 0 Å². The zero-order chi connectivity index (χ0) is 20.3. The summed E-state index contributed by atoms with van der Waals surface area (Å²) in [5.41, 5.74) is -0.940. The molecule has 0 aliphatic heterocycles. The van der Waals surface area contributed by atoms with Crippen molar-refractivity contribution < 1.29 is 25.2 Å². The fourth-order valence-electron chi connectivity index (χ4n) is 4.51. The number of aliphatic hydroxyl groups is 3. The number of aliphatic hydroxyl groups excluding tert-OH is 2. The van der Waals surface area contributed by atoms with Gasteiger partial charge in [0.2, 0.25) is 0 Å². The lowest BCUT2D eigenvalue weighted by molar-refractivity contribution is -0.137. The molecule has 0 spiro atoms. The second-order valence-electron chi connectivity index (χ2n) is 8.17. The van der Waals surface area contributed by atoms with Gasteiger partial charge in [-0.1, -0.05) is 58.1 Å². The van der Waals surface area contributed by atoms with E-state index in [1.165, 1.54) is 19.3 Å². The summed E-state index contributed by atoms with van der Waals surface area (Å²) in [4.78, 5) is 10.5. The van der Waals surface area contributed by atoms with Crippen LogP contribution < -0.4 is 0 Å². The molecule has 5 nitrogen and oxygen atoms in total. The molecule has 0 amide bonds. The van der Waals surface area contributed by atoms with Crippen molar-refractivity contribution in [3.05, 3.63) is 12.2 Å². The van der Waals surface area contributed by atoms with Gasteiger partial charge in [-0.2, -0.15) is 0 Å². The molecule has 0 bridgehead atoms. The number of hydrogen-bond acceptors (Lipinski definition) is 4. The van der Waals surface area contributed by atoms with Gasteiger partial charge in [0.25, 0.3) is 0 Å². The van der Waals surface area contributed by atoms with Crippen LogP contribution in [0, 0.1) is 11.8 Å². The van der Waals surface area contributed by atoms with Gasteiger partial charge in [-0.25, -0.2) is 0 Å². The maximum atomic E-state index is 11.3. The Labute approximate surface area is 164 Å². The summed E-state index contributed by atoms with van der Waals surface area (Å²) in [6.07, 6.45) is 11.9. The SMILES string of the molecule is CCCCCCCC(O)(CC)[C@@H]1[C@@H](O)CC(O)[C@@H]1CC=CCCCC(=O)O. The van der Waals surface area contributed by atoms with Crippen molar-refractivity contribution in [1.82, 2.24) is 0 Å². The fraction of sp³-hybridized carbons (Fsp3) is 0.864. The van der Waals surface area contributed by atoms with Crippen LogP contribution in [-0.4, -0.2) is 44.2 Å². The number of hydrogen-bond donors (Lipinski definition) is 4. The first-order valence-corrected chi connectivity index (χ1v) is 10.8. The maximum Gasteiger partial charge on any atom is 0.303 e. The largest absolute Gasteiger partial charge is 0.481 e. The molecule has 158 valence electrons. The molecule has 1 aliphatic rings. The molecule has 27 heavy (non-hydrogen) atoms. The monoisotopic (exact) mass is 384 g/mol. The van der Waals surface area contributed by atoms with E-state index in [0.717, 1.165) is 12.8 Å². The normalized spacial score (nSPS) is 27.9. The minimum Gasteiger partial charge on any atom is -0.481 e. The van der Waals surface area contributed by atoms with Gasteiger partial charge < -0.3 is 20.4 Å². The minimum atomic E-state index is -0.940. The lowest BCUT2D eigenvalue weighted by Crippen LogP contribution is -2.45. The van der Waals surface area contributed by atoms with Crippen molar-refractivity contribution in [3.8, 4) is 0 Å². The number of aliphatic carboxylic acids is 1. The summed E-state index contributed by atoms with van der Waals surface area (Å²) < 4.78 is 0. The summed E-state index contributed by atoms with van der Waals surface area (Å²) in [5, 5.41) is 40.9. The van der Waals surface area contributed by atoms with Crippen LogP contribution in [0.5, 0.6) is 0 Å². The summed E-state index contributed by atoms with van der Waals surface area (Å²) >= 11 is 0. The smallest absolute Gasteiger partial charge is 0.303 e. The summed E-state index contributed by atoms with van der Waals surface area (Å²) in [5.74, 6) is -1.26. The van der Waals surface area contributed by atoms with E-state index >= 15 is 0 Å². The molecule has 0 saturated heterocycles. The topological polar surface area (TPSA) is 98.0 Å². The molecule has 5 heteroatoms. The van der Waals surface area contributed by atoms with E-state index in [9.17, 15) is 20.1 Å². The summed E-state index contributed by atoms with van der Waals surface area (Å²) in [6, 6.07) is 0. The van der Waals surface area contributed by atoms with Crippen molar-refractivity contribution in [2.24, 2.45) is 11.8 Å². The quantitative estimate of drug-likeness (QED) is 0.268. The first-order chi connectivity index (χ1) is 12.9. The van der Waals surface area contributed by atoms with Crippen LogP contribution in [0.4, 0.5) is 0 Å². The Morgan fingerprint density at radius 1 is 1.04 bits per heavy atom. The van der Waals surface area contributed by atoms with Gasteiger partial charge in [-0.3, -0.25) is 4.79 Å². The zero-order valence-electron chi connectivity index (χ0n) is 17.1. The predicted octanol–water partition coefficient (Wildman–Crippen LogP) is 4.05. The first-order valence-electron chi connectivity index (χ1n) is 10.8. The number of carboxylic acid groups (broad SMARTS) is 1. The molecule has 5 atom stereocenters. The Morgan fingerprint density at radius 2 is 1.74 bits per heavy atom. The highest BCUT2D eigenvalue weighted by Crippen LogP contribution is 2.45. The molecular weight excluding hydrogens is 344 g/mol. The lowest BCUT2D eigenvalue weighted by atomic mass is 9.73. The van der Waals surface area contributed by atoms with Crippen molar-refractivity contribution >= 4 is 5.97 Å². The van der Waals surface area contributed by atoms with Crippen molar-refractivity contribution in [1.29, 1.82) is 0 Å². The highest BCUT2D eigenvalue weighted by atomic mass is 16.4. The van der Waals surface area contributed by atoms with E-state index in [-0.39, 0.29) is 18.3 Å². The van der Waals surface area contributed by atoms with Gasteiger partial charge >= 0.3 is 5.97 Å². The van der Waals surface area contributed by atoms with Crippen LogP contribution >= 0.6 is 0 Å². The van der Waals surface area contributed by atoms with E-state index in [1.807, 2.05) is 19.1 Å². The summed E-state index contributed by atoms with van der Waals surface area (Å²) in [6.45, 7) is 4.14. The van der Waals surface area contributed by atoms with E-state index in [4.69, 9.17) is 5.11 Å². The maximum absolute atomic E-state index is 11.3. The third kappa shape index (κ3) is 7.92. The Kier molecular flexibility index (Phi) is 11.2. The summed E-state index contributed by atoms with van der Waals surface area (Å²) in [7, 11) is 0. The number of rotatable bonds is 14. The van der Waals surface area contributed by atoms with Gasteiger partial charge in [0.15, 0.2) is 0 Å². The standard InChI is InChI=1S/C22H40O5/c1-3-5-6-9-12-15-22(27,4-2)21-17(18(23)16-19(21)24)13-10-7-8-11-14-20(25)26/h7,10,17-19,21,23-24,27H,3-6,8-9,11-16H2,1-2H3,(H,25,26)/t17-,18?,19-,21-,22?/m0/s1. The number of carbonyl (C=O) groups is 1. The Morgan fingerprint density at radius 3 is 2.37 bits per heavy atom. The van der Waals surface area contributed by atoms with Gasteiger partial charge in [-0.15, -0.1) is 0 Å². The number of unbranched alkanes of at least 4 members (excludes halogenated alkanes) is 5. The van der Waals surface area contributed by atoms with E-state index < -0.39 is 23.8 Å². The van der Waals surface area contributed by atoms with Crippen LogP contribution in [0.2, 0.25) is 0 Å². The second-order valence-corrected chi connectivity index (χ2v) is 8.17. The van der Waals surface area contributed by atoms with Crippen molar-refractivity contribution in [2.45, 2.75) is 109 Å². The van der Waals surface area contributed by atoms with Gasteiger partial charge in [0, 0.05) is 12.3 Å². The highest BCUT2D eigenvalue weighted by molar-refractivity contribution is 5.66. The van der Waals surface area contributed by atoms with Crippen LogP contribution in [0.15, 0.2) is 12.2 Å². The predicted molar refractivity (Wildman–Crippen MR) is 107 cm³/mol. The molecule has 0 heterocycles. The molecule has 0 aromatic heterocycles. The zero-order valence-corrected chi connectivity index (χ0v) is 17.1.